The zero-order valence-corrected chi connectivity index (χ0v) is 34.5. The summed E-state index contributed by atoms with van der Waals surface area (Å²) >= 11 is 6.20. The lowest BCUT2D eigenvalue weighted by Gasteiger charge is -2.53. The van der Waals surface area contributed by atoms with E-state index in [9.17, 15) is 23.3 Å². The lowest BCUT2D eigenvalue weighted by Crippen LogP contribution is -2.61. The maximum absolute atomic E-state index is 13.9. The van der Waals surface area contributed by atoms with Crippen LogP contribution in [0.25, 0.3) is 16.6 Å². The number of H-pyrrole nitrogens is 1. The zero-order valence-electron chi connectivity index (χ0n) is 32.9. The summed E-state index contributed by atoms with van der Waals surface area (Å²) < 4.78 is 41.2. The fourth-order valence-corrected chi connectivity index (χ4v) is 10.3. The molecule has 14 nitrogen and oxygen atoms in total. The molecule has 5 aromatic rings. The first-order chi connectivity index (χ1) is 29.0. The summed E-state index contributed by atoms with van der Waals surface area (Å²) in [6.07, 6.45) is 11.7. The minimum atomic E-state index is -4.55. The van der Waals surface area contributed by atoms with Crippen LogP contribution in [0.1, 0.15) is 54.4 Å². The highest BCUT2D eigenvalue weighted by molar-refractivity contribution is 7.90. The Morgan fingerprint density at radius 3 is 2.65 bits per heavy atom. The van der Waals surface area contributed by atoms with Crippen molar-refractivity contribution in [3.63, 3.8) is 0 Å². The van der Waals surface area contributed by atoms with Gasteiger partial charge in [-0.2, -0.15) is 0 Å². The molecule has 1 amide bonds. The fourth-order valence-electron chi connectivity index (χ4n) is 9.14. The minimum Gasteiger partial charge on any atom is -0.455 e. The number of pyridine rings is 1. The number of hydrogen-bond acceptors (Lipinski definition) is 11. The summed E-state index contributed by atoms with van der Waals surface area (Å²) in [4.78, 5) is 37.3. The van der Waals surface area contributed by atoms with Crippen molar-refractivity contribution >= 4 is 61.2 Å². The highest BCUT2D eigenvalue weighted by Crippen LogP contribution is 2.46. The fraction of sp³-hybridized carbons (Fsp3) is 0.364. The summed E-state index contributed by atoms with van der Waals surface area (Å²) in [5, 5.41) is 16.7. The molecule has 2 aromatic heterocycles. The van der Waals surface area contributed by atoms with Gasteiger partial charge in [0.1, 0.15) is 22.8 Å². The van der Waals surface area contributed by atoms with Crippen LogP contribution >= 0.6 is 11.6 Å². The Morgan fingerprint density at radius 1 is 1.03 bits per heavy atom. The van der Waals surface area contributed by atoms with Gasteiger partial charge >= 0.3 is 0 Å². The number of amides is 1. The number of rotatable bonds is 12. The normalized spacial score (nSPS) is 19.5. The van der Waals surface area contributed by atoms with Gasteiger partial charge in [0.05, 0.1) is 21.6 Å². The van der Waals surface area contributed by atoms with Crippen LogP contribution in [0.5, 0.6) is 11.5 Å². The molecular formula is C44H46ClN7O7S. The van der Waals surface area contributed by atoms with Crippen LogP contribution in [-0.2, 0) is 14.8 Å². The van der Waals surface area contributed by atoms with E-state index in [2.05, 4.69) is 48.0 Å². The summed E-state index contributed by atoms with van der Waals surface area (Å²) in [6.45, 7) is 5.34. The number of aromatic nitrogens is 2. The van der Waals surface area contributed by atoms with Crippen molar-refractivity contribution in [1.82, 2.24) is 19.6 Å². The van der Waals surface area contributed by atoms with E-state index in [1.165, 1.54) is 29.5 Å². The van der Waals surface area contributed by atoms with Gasteiger partial charge in [0.25, 0.3) is 21.6 Å². The molecule has 3 saturated heterocycles. The number of halogens is 1. The molecule has 0 saturated carbocycles. The molecule has 4 aliphatic rings. The van der Waals surface area contributed by atoms with E-state index in [4.69, 9.17) is 21.1 Å². The zero-order chi connectivity index (χ0) is 41.4. The number of allylic oxidation sites excluding steroid dienone is 1. The van der Waals surface area contributed by atoms with Crippen molar-refractivity contribution in [1.29, 1.82) is 0 Å². The SMILES string of the molecule is O=C(NS(=O)(=O)c1ccc(NCC2CCOCC2)c([N+](=O)[O-])c1)c1ccc(N2CCC3(C2)CN(C2CCCC=C2c2ccc(Cl)cc2)C3)cc1Oc1cnc2[nH]ccc2c1. The highest BCUT2D eigenvalue weighted by atomic mass is 35.5. The van der Waals surface area contributed by atoms with Gasteiger partial charge in [-0.1, -0.05) is 29.8 Å². The largest absolute Gasteiger partial charge is 0.455 e. The Bertz CT molecular complexity index is 2570. The Hall–Kier alpha value is -5.48. The van der Waals surface area contributed by atoms with E-state index in [-0.39, 0.29) is 28.3 Å². The van der Waals surface area contributed by atoms with Crippen LogP contribution in [0.15, 0.2) is 96.2 Å². The number of nitro groups is 1. The second-order valence-electron chi connectivity index (χ2n) is 16.4. The van der Waals surface area contributed by atoms with Crippen molar-refractivity contribution in [3.05, 3.63) is 118 Å². The smallest absolute Gasteiger partial charge is 0.293 e. The van der Waals surface area contributed by atoms with Crippen LogP contribution in [-0.4, -0.2) is 86.1 Å². The molecule has 1 unspecified atom stereocenters. The second kappa shape index (κ2) is 16.5. The number of nitrogens with zero attached hydrogens (tertiary/aromatic N) is 4. The van der Waals surface area contributed by atoms with E-state index >= 15 is 0 Å². The number of carbonyl (C=O) groups is 1. The van der Waals surface area contributed by atoms with Gasteiger partial charge in [-0.05, 0) is 104 Å². The molecule has 1 spiro atoms. The molecule has 312 valence electrons. The molecule has 3 N–H and O–H groups in total. The number of nitro benzene ring substituents is 1. The van der Waals surface area contributed by atoms with Crippen molar-refractivity contribution < 1.29 is 27.6 Å². The molecule has 5 heterocycles. The number of ether oxygens (including phenoxy) is 2. The third-order valence-electron chi connectivity index (χ3n) is 12.3. The van der Waals surface area contributed by atoms with Gasteiger partial charge in [0, 0.05) is 91.8 Å². The van der Waals surface area contributed by atoms with Crippen molar-refractivity contribution in [2.75, 3.05) is 56.2 Å². The molecule has 3 aliphatic heterocycles. The number of hydrogen-bond donors (Lipinski definition) is 3. The maximum Gasteiger partial charge on any atom is 0.293 e. The van der Waals surface area contributed by atoms with E-state index in [0.29, 0.717) is 37.2 Å². The van der Waals surface area contributed by atoms with Crippen molar-refractivity contribution in [3.8, 4) is 11.5 Å². The quantitative estimate of drug-likeness (QED) is 0.0820. The van der Waals surface area contributed by atoms with E-state index in [1.54, 1.807) is 24.4 Å². The average molecular weight is 852 g/mol. The third kappa shape index (κ3) is 8.31. The van der Waals surface area contributed by atoms with Gasteiger partial charge in [-0.3, -0.25) is 19.8 Å². The number of fused-ring (bicyclic) bond motifs is 1. The van der Waals surface area contributed by atoms with Crippen LogP contribution in [0.4, 0.5) is 17.1 Å². The number of aromatic amines is 1. The number of anilines is 2. The standard InChI is InChI=1S/C44H46ClN7O7S/c45-32-7-5-30(6-8-32)36-3-1-2-4-39(36)51-27-44(28-51)16-18-50(26-44)33-9-11-37(41(22-33)59-34-21-31-13-17-46-42(31)48-25-34)43(53)49-60(56,57)35-10-12-38(40(23-35)52(54)55)47-24-29-14-19-58-20-15-29/h3,5-13,17,21-23,25,29,39,47H,1-2,4,14-16,18-20,24,26-28H2,(H,46,48)(H,49,53). The van der Waals surface area contributed by atoms with E-state index in [0.717, 1.165) is 86.9 Å². The summed E-state index contributed by atoms with van der Waals surface area (Å²) in [7, 11) is -4.55. The number of sulfonamides is 1. The third-order valence-corrected chi connectivity index (χ3v) is 13.9. The Labute approximate surface area is 353 Å². The first-order valence-electron chi connectivity index (χ1n) is 20.4. The Balaban J connectivity index is 0.931. The second-order valence-corrected chi connectivity index (χ2v) is 18.5. The minimum absolute atomic E-state index is 0.0247. The predicted molar refractivity (Wildman–Crippen MR) is 230 cm³/mol. The molecule has 0 radical (unpaired) electrons. The molecule has 16 heteroatoms. The molecule has 1 aliphatic carbocycles. The molecule has 9 rings (SSSR count). The number of nitrogens with one attached hydrogen (secondary N) is 3. The summed E-state index contributed by atoms with van der Waals surface area (Å²) in [5.74, 6) is -0.161. The molecule has 3 fully saturated rings. The van der Waals surface area contributed by atoms with Crippen LogP contribution in [0, 0.1) is 21.4 Å². The number of likely N-dealkylation sites (tertiary alicyclic amines) is 1. The maximum atomic E-state index is 13.9. The first kappa shape index (κ1) is 40.0. The Morgan fingerprint density at radius 2 is 1.85 bits per heavy atom. The lowest BCUT2D eigenvalue weighted by atomic mass is 9.75. The Kier molecular flexibility index (Phi) is 11.0. The lowest BCUT2D eigenvalue weighted by molar-refractivity contribution is -0.384. The topological polar surface area (TPSA) is 172 Å². The summed E-state index contributed by atoms with van der Waals surface area (Å²) in [5.41, 5.74) is 3.99. The van der Waals surface area contributed by atoms with E-state index < -0.39 is 31.4 Å². The molecule has 3 aromatic carbocycles. The van der Waals surface area contributed by atoms with Gasteiger partial charge in [-0.25, -0.2) is 18.1 Å². The average Bonchev–Trinajstić information content (AvgIpc) is 3.91. The predicted octanol–water partition coefficient (Wildman–Crippen LogP) is 8.02. The number of carbonyl (C=O) groups excluding carboxylic acids is 1. The first-order valence-corrected chi connectivity index (χ1v) is 22.3. The monoisotopic (exact) mass is 851 g/mol. The van der Waals surface area contributed by atoms with Crippen LogP contribution in [0.2, 0.25) is 5.02 Å². The van der Waals surface area contributed by atoms with Crippen molar-refractivity contribution in [2.45, 2.75) is 49.5 Å². The van der Waals surface area contributed by atoms with E-state index in [1.807, 2.05) is 24.3 Å². The van der Waals surface area contributed by atoms with Gasteiger partial charge < -0.3 is 24.7 Å². The van der Waals surface area contributed by atoms with Crippen LogP contribution < -0.4 is 19.7 Å². The molecule has 0 bridgehead atoms. The molecule has 60 heavy (non-hydrogen) atoms. The molecular weight excluding hydrogens is 806 g/mol. The van der Waals surface area contributed by atoms with Gasteiger partial charge in [0.2, 0.25) is 0 Å². The highest BCUT2D eigenvalue weighted by Gasteiger charge is 2.50. The summed E-state index contributed by atoms with van der Waals surface area (Å²) in [6, 6.07) is 20.9. The number of benzene rings is 3. The van der Waals surface area contributed by atoms with Crippen LogP contribution in [0.3, 0.4) is 0 Å². The van der Waals surface area contributed by atoms with Crippen molar-refractivity contribution in [2.24, 2.45) is 11.3 Å². The van der Waals surface area contributed by atoms with Gasteiger partial charge in [0.15, 0.2) is 0 Å². The van der Waals surface area contributed by atoms with Gasteiger partial charge in [-0.15, -0.1) is 0 Å². The molecule has 1 atom stereocenters.